The van der Waals surface area contributed by atoms with Crippen molar-refractivity contribution < 1.29 is 8.95 Å². The molecule has 18 heavy (non-hydrogen) atoms. The Morgan fingerprint density at radius 2 is 2.22 bits per heavy atom. The first-order valence-corrected chi connectivity index (χ1v) is 8.01. The molecular formula is C14H19NO2S. The van der Waals surface area contributed by atoms with Crippen LogP contribution in [0.3, 0.4) is 0 Å². The molecule has 0 bridgehead atoms. The average Bonchev–Trinajstić information content (AvgIpc) is 2.65. The Hall–Kier alpha value is -0.870. The van der Waals surface area contributed by atoms with Crippen LogP contribution < -0.4 is 10.1 Å². The van der Waals surface area contributed by atoms with E-state index in [4.69, 9.17) is 4.74 Å². The zero-order valence-corrected chi connectivity index (χ0v) is 11.5. The van der Waals surface area contributed by atoms with Crippen LogP contribution in [-0.2, 0) is 17.2 Å². The molecule has 1 saturated heterocycles. The Labute approximate surface area is 110 Å². The summed E-state index contributed by atoms with van der Waals surface area (Å²) in [7, 11) is -0.747. The van der Waals surface area contributed by atoms with Gasteiger partial charge in [0.1, 0.15) is 11.9 Å². The van der Waals surface area contributed by atoms with Crippen molar-refractivity contribution in [2.45, 2.75) is 19.4 Å². The molecule has 0 radical (unpaired) electrons. The second-order valence-corrected chi connectivity index (χ2v) is 6.90. The Bertz CT molecular complexity index is 471. The molecule has 1 aromatic carbocycles. The Morgan fingerprint density at radius 1 is 1.39 bits per heavy atom. The van der Waals surface area contributed by atoms with Crippen molar-refractivity contribution >= 4 is 10.8 Å². The van der Waals surface area contributed by atoms with Gasteiger partial charge in [-0.3, -0.25) is 4.21 Å². The van der Waals surface area contributed by atoms with Crippen molar-refractivity contribution in [2.75, 3.05) is 24.6 Å². The van der Waals surface area contributed by atoms with E-state index in [9.17, 15) is 4.21 Å². The Balaban J connectivity index is 1.55. The topological polar surface area (TPSA) is 38.3 Å². The first kappa shape index (κ1) is 12.2. The van der Waals surface area contributed by atoms with Crippen LogP contribution in [0.15, 0.2) is 18.2 Å². The maximum absolute atomic E-state index is 12.0. The van der Waals surface area contributed by atoms with Crippen LogP contribution in [0.25, 0.3) is 0 Å². The van der Waals surface area contributed by atoms with E-state index in [-0.39, 0.29) is 6.10 Å². The van der Waals surface area contributed by atoms with Crippen LogP contribution in [0.4, 0.5) is 0 Å². The number of nitrogens with one attached hydrogen (secondary N) is 1. The summed E-state index contributed by atoms with van der Waals surface area (Å²) >= 11 is 0. The van der Waals surface area contributed by atoms with Crippen molar-refractivity contribution in [1.29, 1.82) is 0 Å². The Kier molecular flexibility index (Phi) is 3.39. The van der Waals surface area contributed by atoms with Gasteiger partial charge in [0.15, 0.2) is 0 Å². The van der Waals surface area contributed by atoms with Gasteiger partial charge in [-0.1, -0.05) is 17.7 Å². The van der Waals surface area contributed by atoms with Gasteiger partial charge in [0.05, 0.1) is 5.75 Å². The van der Waals surface area contributed by atoms with Crippen LogP contribution in [0.2, 0.25) is 0 Å². The van der Waals surface area contributed by atoms with E-state index in [0.717, 1.165) is 31.0 Å². The lowest BCUT2D eigenvalue weighted by Gasteiger charge is -2.26. The maximum Gasteiger partial charge on any atom is 0.123 e. The minimum Gasteiger partial charge on any atom is -0.489 e. The first-order valence-electron chi connectivity index (χ1n) is 6.52. The summed E-state index contributed by atoms with van der Waals surface area (Å²) in [4.78, 5) is 0. The third-order valence-corrected chi connectivity index (χ3v) is 5.20. The largest absolute Gasteiger partial charge is 0.489 e. The van der Waals surface area contributed by atoms with Crippen LogP contribution in [0.5, 0.6) is 5.75 Å². The average molecular weight is 265 g/mol. The number of hydrogen-bond acceptors (Lipinski definition) is 3. The molecule has 0 aromatic heterocycles. The molecule has 2 aliphatic heterocycles. The SMILES string of the molecule is Cc1ccc2c(c1)CC(CS(=O)CC1CNC1)O2. The lowest BCUT2D eigenvalue weighted by atomic mass is 10.1. The minimum absolute atomic E-state index is 0.107. The standard InChI is InChI=1S/C14H19NO2S/c1-10-2-3-14-12(4-10)5-13(17-14)9-18(16)8-11-6-15-7-11/h2-4,11,13,15H,5-9H2,1H3. The summed E-state index contributed by atoms with van der Waals surface area (Å²) in [6.07, 6.45) is 1.02. The number of ether oxygens (including phenoxy) is 1. The molecule has 2 heterocycles. The monoisotopic (exact) mass is 265 g/mol. The summed E-state index contributed by atoms with van der Waals surface area (Å²) in [6.45, 7) is 4.14. The van der Waals surface area contributed by atoms with E-state index in [1.165, 1.54) is 11.1 Å². The predicted octanol–water partition coefficient (Wildman–Crippen LogP) is 1.27. The molecule has 1 aromatic rings. The van der Waals surface area contributed by atoms with E-state index in [2.05, 4.69) is 24.4 Å². The molecule has 0 aliphatic carbocycles. The molecule has 4 heteroatoms. The predicted molar refractivity (Wildman–Crippen MR) is 73.5 cm³/mol. The molecule has 2 atom stereocenters. The fourth-order valence-corrected chi connectivity index (χ4v) is 4.04. The van der Waals surface area contributed by atoms with Gasteiger partial charge in [-0.15, -0.1) is 0 Å². The number of hydrogen-bond donors (Lipinski definition) is 1. The molecule has 1 N–H and O–H groups in total. The molecule has 2 unspecified atom stereocenters. The van der Waals surface area contributed by atoms with Gasteiger partial charge in [0.25, 0.3) is 0 Å². The summed E-state index contributed by atoms with van der Waals surface area (Å²) in [5.41, 5.74) is 2.53. The highest BCUT2D eigenvalue weighted by atomic mass is 32.2. The number of aryl methyl sites for hydroxylation is 1. The van der Waals surface area contributed by atoms with Gasteiger partial charge < -0.3 is 10.1 Å². The maximum atomic E-state index is 12.0. The second kappa shape index (κ2) is 5.02. The van der Waals surface area contributed by atoms with Gasteiger partial charge in [0, 0.05) is 36.1 Å². The third kappa shape index (κ3) is 2.59. The summed E-state index contributed by atoms with van der Waals surface area (Å²) in [5.74, 6) is 3.08. The van der Waals surface area contributed by atoms with Gasteiger partial charge in [-0.25, -0.2) is 0 Å². The van der Waals surface area contributed by atoms with E-state index in [0.29, 0.717) is 11.7 Å². The number of fused-ring (bicyclic) bond motifs is 1. The third-order valence-electron chi connectivity index (χ3n) is 3.62. The van der Waals surface area contributed by atoms with Crippen LogP contribution in [0.1, 0.15) is 11.1 Å². The van der Waals surface area contributed by atoms with Crippen LogP contribution in [-0.4, -0.2) is 34.9 Å². The smallest absolute Gasteiger partial charge is 0.123 e. The molecule has 1 fully saturated rings. The molecule has 3 nitrogen and oxygen atoms in total. The second-order valence-electron chi connectivity index (χ2n) is 5.35. The van der Waals surface area contributed by atoms with E-state index in [1.807, 2.05) is 6.07 Å². The summed E-state index contributed by atoms with van der Waals surface area (Å²) < 4.78 is 17.9. The fraction of sp³-hybridized carbons (Fsp3) is 0.571. The molecule has 0 amide bonds. The van der Waals surface area contributed by atoms with Crippen molar-refractivity contribution in [3.05, 3.63) is 29.3 Å². The summed E-state index contributed by atoms with van der Waals surface area (Å²) in [5, 5.41) is 3.21. The fourth-order valence-electron chi connectivity index (χ4n) is 2.55. The van der Waals surface area contributed by atoms with Gasteiger partial charge in [0.2, 0.25) is 0 Å². The molecule has 98 valence electrons. The summed E-state index contributed by atoms with van der Waals surface area (Å²) in [6, 6.07) is 6.27. The molecule has 0 spiro atoms. The molecular weight excluding hydrogens is 246 g/mol. The number of benzene rings is 1. The zero-order chi connectivity index (χ0) is 12.5. The van der Waals surface area contributed by atoms with Crippen LogP contribution in [0, 0.1) is 12.8 Å². The lowest BCUT2D eigenvalue weighted by molar-refractivity contribution is 0.257. The van der Waals surface area contributed by atoms with Gasteiger partial charge in [-0.2, -0.15) is 0 Å². The van der Waals surface area contributed by atoms with E-state index in [1.54, 1.807) is 0 Å². The minimum atomic E-state index is -0.747. The molecule has 3 rings (SSSR count). The first-order chi connectivity index (χ1) is 8.70. The van der Waals surface area contributed by atoms with Gasteiger partial charge >= 0.3 is 0 Å². The van der Waals surface area contributed by atoms with E-state index >= 15 is 0 Å². The Morgan fingerprint density at radius 3 is 2.94 bits per heavy atom. The van der Waals surface area contributed by atoms with Gasteiger partial charge in [-0.05, 0) is 24.5 Å². The number of rotatable bonds is 4. The highest BCUT2D eigenvalue weighted by Crippen LogP contribution is 2.29. The highest BCUT2D eigenvalue weighted by Gasteiger charge is 2.26. The van der Waals surface area contributed by atoms with E-state index < -0.39 is 10.8 Å². The normalized spacial score (nSPS) is 24.2. The molecule has 2 aliphatic rings. The van der Waals surface area contributed by atoms with Crippen LogP contribution >= 0.6 is 0 Å². The lowest BCUT2D eigenvalue weighted by Crippen LogP contribution is -2.45. The van der Waals surface area contributed by atoms with Crippen molar-refractivity contribution in [1.82, 2.24) is 5.32 Å². The van der Waals surface area contributed by atoms with Crippen molar-refractivity contribution in [3.63, 3.8) is 0 Å². The highest BCUT2D eigenvalue weighted by molar-refractivity contribution is 7.85. The quantitative estimate of drug-likeness (QED) is 0.891. The molecule has 0 saturated carbocycles. The van der Waals surface area contributed by atoms with Crippen molar-refractivity contribution in [2.24, 2.45) is 5.92 Å². The zero-order valence-electron chi connectivity index (χ0n) is 10.6. The van der Waals surface area contributed by atoms with Crippen molar-refractivity contribution in [3.8, 4) is 5.75 Å².